The fourth-order valence-electron chi connectivity index (χ4n) is 1.19. The number of nitrogens with one attached hydrogen (secondary N) is 2. The molecule has 0 saturated heterocycles. The third-order valence-corrected chi connectivity index (χ3v) is 1.88. The Labute approximate surface area is 94.3 Å². The highest BCUT2D eigenvalue weighted by Crippen LogP contribution is 1.95. The van der Waals surface area contributed by atoms with Crippen molar-refractivity contribution in [2.45, 2.75) is 20.1 Å². The van der Waals surface area contributed by atoms with E-state index in [4.69, 9.17) is 9.47 Å². The molecule has 0 saturated carbocycles. The molecular weight excluding hydrogens is 210 g/mol. The number of ether oxygens (including phenoxy) is 2. The van der Waals surface area contributed by atoms with E-state index in [0.717, 1.165) is 0 Å². The summed E-state index contributed by atoms with van der Waals surface area (Å²) in [6.07, 6.45) is 1.12. The van der Waals surface area contributed by atoms with Gasteiger partial charge in [-0.05, 0) is 19.9 Å². The second-order valence-corrected chi connectivity index (χ2v) is 3.02. The van der Waals surface area contributed by atoms with Crippen molar-refractivity contribution in [3.63, 3.8) is 0 Å². The molecule has 0 spiro atoms. The van der Waals surface area contributed by atoms with Crippen LogP contribution in [0.4, 0.5) is 0 Å². The first-order chi connectivity index (χ1) is 7.77. The van der Waals surface area contributed by atoms with E-state index >= 15 is 0 Å². The Morgan fingerprint density at radius 2 is 2.19 bits per heavy atom. The first-order valence-corrected chi connectivity index (χ1v) is 5.28. The van der Waals surface area contributed by atoms with Gasteiger partial charge in [0.15, 0.2) is 6.29 Å². The van der Waals surface area contributed by atoms with Crippen molar-refractivity contribution in [3.8, 4) is 0 Å². The van der Waals surface area contributed by atoms with Crippen molar-refractivity contribution >= 4 is 5.91 Å². The molecule has 0 bridgehead atoms. The zero-order valence-electron chi connectivity index (χ0n) is 9.53. The lowest BCUT2D eigenvalue weighted by atomic mass is 10.4. The molecule has 0 fully saturated rings. The molecule has 0 aromatic carbocycles. The van der Waals surface area contributed by atoms with Crippen LogP contribution >= 0.6 is 0 Å². The average Bonchev–Trinajstić information content (AvgIpc) is 2.79. The molecule has 1 amide bonds. The predicted molar refractivity (Wildman–Crippen MR) is 58.0 cm³/mol. The molecule has 6 heteroatoms. The molecule has 0 aliphatic rings. The Kier molecular flexibility index (Phi) is 5.52. The van der Waals surface area contributed by atoms with Gasteiger partial charge in [0.05, 0.1) is 6.54 Å². The number of hydrogen-bond acceptors (Lipinski definition) is 4. The molecule has 0 atom stereocenters. The zero-order valence-corrected chi connectivity index (χ0v) is 9.53. The molecular formula is C10H17N3O3. The van der Waals surface area contributed by atoms with E-state index in [0.29, 0.717) is 25.5 Å². The summed E-state index contributed by atoms with van der Waals surface area (Å²) in [6.45, 7) is 5.17. The lowest BCUT2D eigenvalue weighted by molar-refractivity contribution is -0.131. The summed E-state index contributed by atoms with van der Waals surface area (Å²) in [4.78, 5) is 11.5. The van der Waals surface area contributed by atoms with Gasteiger partial charge in [-0.3, -0.25) is 9.89 Å². The maximum atomic E-state index is 11.5. The summed E-state index contributed by atoms with van der Waals surface area (Å²) in [5.41, 5.74) is 0.423. The molecule has 6 nitrogen and oxygen atoms in total. The second kappa shape index (κ2) is 6.97. The van der Waals surface area contributed by atoms with E-state index < -0.39 is 6.29 Å². The highest BCUT2D eigenvalue weighted by atomic mass is 16.7. The van der Waals surface area contributed by atoms with Gasteiger partial charge >= 0.3 is 0 Å². The van der Waals surface area contributed by atoms with Crippen molar-refractivity contribution in [2.24, 2.45) is 0 Å². The minimum absolute atomic E-state index is 0.220. The number of amides is 1. The summed E-state index contributed by atoms with van der Waals surface area (Å²) in [5.74, 6) is -0.220. The number of nitrogens with zero attached hydrogens (tertiary/aromatic N) is 1. The monoisotopic (exact) mass is 227 g/mol. The van der Waals surface area contributed by atoms with E-state index in [9.17, 15) is 4.79 Å². The molecule has 2 N–H and O–H groups in total. The topological polar surface area (TPSA) is 76.2 Å². The summed E-state index contributed by atoms with van der Waals surface area (Å²) in [5, 5.41) is 8.97. The number of H-pyrrole nitrogens is 1. The molecule has 1 aromatic heterocycles. The van der Waals surface area contributed by atoms with Gasteiger partial charge in [-0.25, -0.2) is 0 Å². The number of aromatic nitrogens is 2. The summed E-state index contributed by atoms with van der Waals surface area (Å²) in [7, 11) is 0. The van der Waals surface area contributed by atoms with Crippen LogP contribution in [0.1, 0.15) is 24.3 Å². The van der Waals surface area contributed by atoms with Crippen LogP contribution in [-0.2, 0) is 9.47 Å². The number of hydrogen-bond donors (Lipinski definition) is 2. The number of carbonyl (C=O) groups is 1. The standard InChI is InChI=1S/C10H17N3O3/c1-3-15-9(16-4-2)7-11-10(14)8-5-6-12-13-8/h5-6,9H,3-4,7H2,1-2H3,(H,11,14)(H,12,13). The second-order valence-electron chi connectivity index (χ2n) is 3.02. The molecule has 0 radical (unpaired) electrons. The molecule has 90 valence electrons. The van der Waals surface area contributed by atoms with Crippen LogP contribution in [0, 0.1) is 0 Å². The third-order valence-electron chi connectivity index (χ3n) is 1.88. The van der Waals surface area contributed by atoms with Crippen LogP contribution in [0.25, 0.3) is 0 Å². The van der Waals surface area contributed by atoms with Crippen molar-refractivity contribution in [1.29, 1.82) is 0 Å². The Morgan fingerprint density at radius 3 is 2.69 bits per heavy atom. The van der Waals surface area contributed by atoms with Crippen LogP contribution < -0.4 is 5.32 Å². The van der Waals surface area contributed by atoms with Crippen molar-refractivity contribution in [1.82, 2.24) is 15.5 Å². The van der Waals surface area contributed by atoms with E-state index in [1.54, 1.807) is 6.07 Å². The molecule has 0 unspecified atom stereocenters. The SMILES string of the molecule is CCOC(CNC(=O)c1ccn[nH]1)OCC. The van der Waals surface area contributed by atoms with Gasteiger partial charge in [-0.15, -0.1) is 0 Å². The first kappa shape index (κ1) is 12.7. The van der Waals surface area contributed by atoms with Crippen molar-refractivity contribution in [2.75, 3.05) is 19.8 Å². The maximum absolute atomic E-state index is 11.5. The minimum Gasteiger partial charge on any atom is -0.351 e. The Bertz CT molecular complexity index is 294. The van der Waals surface area contributed by atoms with Gasteiger partial charge in [0, 0.05) is 19.4 Å². The number of carbonyl (C=O) groups excluding carboxylic acids is 1. The van der Waals surface area contributed by atoms with Gasteiger partial charge in [0.2, 0.25) is 0 Å². The smallest absolute Gasteiger partial charge is 0.269 e. The van der Waals surface area contributed by atoms with Crippen molar-refractivity contribution in [3.05, 3.63) is 18.0 Å². The third kappa shape index (κ3) is 4.00. The first-order valence-electron chi connectivity index (χ1n) is 5.28. The quantitative estimate of drug-likeness (QED) is 0.666. The molecule has 1 rings (SSSR count). The van der Waals surface area contributed by atoms with Crippen LogP contribution in [0.15, 0.2) is 12.3 Å². The maximum Gasteiger partial charge on any atom is 0.269 e. The number of rotatable bonds is 7. The van der Waals surface area contributed by atoms with E-state index in [1.807, 2.05) is 13.8 Å². The molecule has 0 aliphatic carbocycles. The Balaban J connectivity index is 2.34. The Hall–Kier alpha value is -1.40. The van der Waals surface area contributed by atoms with Gasteiger partial charge in [-0.1, -0.05) is 0 Å². The van der Waals surface area contributed by atoms with Gasteiger partial charge in [0.1, 0.15) is 5.69 Å². The zero-order chi connectivity index (χ0) is 11.8. The van der Waals surface area contributed by atoms with E-state index in [-0.39, 0.29) is 5.91 Å². The van der Waals surface area contributed by atoms with Crippen molar-refractivity contribution < 1.29 is 14.3 Å². The highest BCUT2D eigenvalue weighted by Gasteiger charge is 2.11. The van der Waals surface area contributed by atoms with Crippen LogP contribution in [-0.4, -0.2) is 42.2 Å². The fraction of sp³-hybridized carbons (Fsp3) is 0.600. The number of aromatic amines is 1. The molecule has 1 heterocycles. The van der Waals surface area contributed by atoms with Crippen LogP contribution in [0.3, 0.4) is 0 Å². The molecule has 16 heavy (non-hydrogen) atoms. The largest absolute Gasteiger partial charge is 0.351 e. The van der Waals surface area contributed by atoms with E-state index in [1.165, 1.54) is 6.20 Å². The van der Waals surface area contributed by atoms with Gasteiger partial charge in [-0.2, -0.15) is 5.10 Å². The normalized spacial score (nSPS) is 10.7. The summed E-state index contributed by atoms with van der Waals surface area (Å²) in [6, 6.07) is 1.60. The van der Waals surface area contributed by atoms with Crippen LogP contribution in [0.5, 0.6) is 0 Å². The summed E-state index contributed by atoms with van der Waals surface area (Å²) < 4.78 is 10.6. The average molecular weight is 227 g/mol. The summed E-state index contributed by atoms with van der Waals surface area (Å²) >= 11 is 0. The van der Waals surface area contributed by atoms with E-state index in [2.05, 4.69) is 15.5 Å². The molecule has 0 aliphatic heterocycles. The van der Waals surface area contributed by atoms with Gasteiger partial charge < -0.3 is 14.8 Å². The lowest BCUT2D eigenvalue weighted by Crippen LogP contribution is -2.35. The Morgan fingerprint density at radius 1 is 1.50 bits per heavy atom. The fourth-order valence-corrected chi connectivity index (χ4v) is 1.19. The lowest BCUT2D eigenvalue weighted by Gasteiger charge is -2.16. The van der Waals surface area contributed by atoms with Crippen LogP contribution in [0.2, 0.25) is 0 Å². The van der Waals surface area contributed by atoms with Gasteiger partial charge in [0.25, 0.3) is 5.91 Å². The predicted octanol–water partition coefficient (Wildman–Crippen LogP) is 0.539. The minimum atomic E-state index is -0.401. The molecule has 1 aromatic rings. The highest BCUT2D eigenvalue weighted by molar-refractivity contribution is 5.92.